The van der Waals surface area contributed by atoms with E-state index in [9.17, 15) is 32.9 Å². The molecule has 2 aliphatic heterocycles. The number of rotatable bonds is 7. The molecule has 0 radical (unpaired) electrons. The van der Waals surface area contributed by atoms with Crippen molar-refractivity contribution in [2.24, 2.45) is 0 Å². The first kappa shape index (κ1) is 32.3. The third-order valence-corrected chi connectivity index (χ3v) is 20.4. The highest BCUT2D eigenvalue weighted by Crippen LogP contribution is 2.53. The van der Waals surface area contributed by atoms with Gasteiger partial charge >= 0.3 is 0 Å². The maximum atomic E-state index is 10.1. The molecule has 8 heterocycles. The molecule has 105 heavy (non-hydrogen) atoms. The van der Waals surface area contributed by atoms with Gasteiger partial charge in [-0.2, -0.15) is 0 Å². The fourth-order valence-electron chi connectivity index (χ4n) is 16.3. The Morgan fingerprint density at radius 2 is 0.533 bits per heavy atom. The first-order chi connectivity index (χ1) is 67.5. The van der Waals surface area contributed by atoms with Crippen LogP contribution in [-0.2, 0) is 0 Å². The van der Waals surface area contributed by atoms with Crippen LogP contribution in [0.4, 0.5) is 34.1 Å². The second kappa shape index (κ2) is 21.3. The molecule has 0 atom stereocenters. The molecular formula is C96H57BN6O2. The van der Waals surface area contributed by atoms with Crippen LogP contribution in [0.2, 0.25) is 0 Å². The van der Waals surface area contributed by atoms with E-state index in [1.54, 1.807) is 113 Å². The molecule has 486 valence electrons. The molecule has 9 heteroatoms. The van der Waals surface area contributed by atoms with E-state index in [0.29, 0.717) is 5.46 Å². The van der Waals surface area contributed by atoms with E-state index in [4.69, 9.17) is 26.7 Å². The number of fused-ring (bicyclic) bond motifs is 22. The summed E-state index contributed by atoms with van der Waals surface area (Å²) in [6.45, 7) is -1.28. The lowest BCUT2D eigenvalue weighted by Crippen LogP contribution is -2.61. The van der Waals surface area contributed by atoms with E-state index in [1.807, 2.05) is 0 Å². The number of furan rings is 2. The third-order valence-electron chi connectivity index (χ3n) is 20.4. The molecule has 0 unspecified atom stereocenters. The number of para-hydroxylation sites is 12. The van der Waals surface area contributed by atoms with E-state index < -0.39 is 241 Å². The molecule has 0 N–H and O–H groups in total. The molecule has 0 saturated heterocycles. The Morgan fingerprint density at radius 1 is 0.229 bits per heavy atom. The van der Waals surface area contributed by atoms with Gasteiger partial charge in [-0.25, -0.2) is 0 Å². The van der Waals surface area contributed by atoms with Gasteiger partial charge in [0.2, 0.25) is 0 Å². The molecule has 0 bridgehead atoms. The summed E-state index contributed by atoms with van der Waals surface area (Å²) in [4.78, 5) is 3.36. The lowest BCUT2D eigenvalue weighted by Gasteiger charge is -2.44. The largest absolute Gasteiger partial charge is 0.452 e. The van der Waals surface area contributed by atoms with Gasteiger partial charge in [0.15, 0.2) is 22.3 Å². The number of hydrogen-bond donors (Lipinski definition) is 0. The van der Waals surface area contributed by atoms with Crippen molar-refractivity contribution in [3.63, 3.8) is 0 Å². The highest BCUT2D eigenvalue weighted by Gasteiger charge is 2.45. The molecule has 16 aromatic carbocycles. The van der Waals surface area contributed by atoms with Crippen LogP contribution in [0, 0.1) is 0 Å². The standard InChI is InChI=1S/C96H57BN6O2/c1-2-24-58(25-3-1)59-50-52-74-88(54-59)102(86-48-22-36-72-70-34-20-46-84(93(70)104-95(72)86)100-80-42-16-8-30-66(80)67-31-9-17-43-81(67)100)90-56-61(99-78-40-14-6-28-64(78)65-29-7-15-41-79(65)99)57-91-92(90)97(74)75-53-51-60(98-76-38-12-4-26-62(76)63-27-5-13-39-77(63)98)55-89(75)103(91)87-49-23-37-73-71-35-21-47-85(94(71)105-96(73)87)101-82-44-18-10-32-68(82)69-33-11-19-45-83(69)101/h1-57H/i1D,2D,3D,4D,5D,6D,7D,8D,9D,10D,11D,12D,13D,14D,15D,16D,17D,18D,19D,24D,25D,26D,27D,28D,29D,30D,31D,32D,33D,38D,39D,40D,41D,42D,43D,44D,45D. The predicted molar refractivity (Wildman–Crippen MR) is 438 cm³/mol. The van der Waals surface area contributed by atoms with Gasteiger partial charge in [0.05, 0.1) is 123 Å². The maximum Gasteiger partial charge on any atom is 0.252 e. The molecule has 22 aromatic rings. The molecule has 0 fully saturated rings. The van der Waals surface area contributed by atoms with Crippen molar-refractivity contribution in [2.45, 2.75) is 0 Å². The third kappa shape index (κ3) is 7.74. The molecule has 0 aliphatic carbocycles. The highest BCUT2D eigenvalue weighted by molar-refractivity contribution is 7.00. The summed E-state index contributed by atoms with van der Waals surface area (Å²) in [6, 6.07) is 5.59. The van der Waals surface area contributed by atoms with Crippen molar-refractivity contribution in [3.05, 3.63) is 345 Å². The Morgan fingerprint density at radius 3 is 0.924 bits per heavy atom. The van der Waals surface area contributed by atoms with Crippen LogP contribution in [0.15, 0.2) is 354 Å². The molecule has 0 spiro atoms. The van der Waals surface area contributed by atoms with E-state index in [0.717, 1.165) is 0 Å². The van der Waals surface area contributed by atoms with Crippen LogP contribution in [0.1, 0.15) is 50.7 Å². The molecule has 8 nitrogen and oxygen atoms in total. The molecular weight excluding hydrogens is 1280 g/mol. The van der Waals surface area contributed by atoms with Gasteiger partial charge in [-0.1, -0.05) is 242 Å². The summed E-state index contributed by atoms with van der Waals surface area (Å²) in [7, 11) is 0. The second-order valence-corrected chi connectivity index (χ2v) is 25.5. The zero-order chi connectivity index (χ0) is 100. The van der Waals surface area contributed by atoms with Crippen molar-refractivity contribution in [1.29, 1.82) is 0 Å². The molecule has 24 rings (SSSR count). The van der Waals surface area contributed by atoms with Gasteiger partial charge in [0.1, 0.15) is 0 Å². The summed E-state index contributed by atoms with van der Waals surface area (Å²) in [5, 5.41) is -1.38. The van der Waals surface area contributed by atoms with E-state index in [1.165, 1.54) is 36.5 Å². The number of anilines is 6. The first-order valence-corrected chi connectivity index (χ1v) is 33.1. The first-order valence-electron chi connectivity index (χ1n) is 51.6. The minimum Gasteiger partial charge on any atom is -0.452 e. The van der Waals surface area contributed by atoms with Gasteiger partial charge in [0.25, 0.3) is 6.71 Å². The summed E-state index contributed by atoms with van der Waals surface area (Å²) in [5.74, 6) is 0. The van der Waals surface area contributed by atoms with Gasteiger partial charge in [-0.15, -0.1) is 0 Å². The lowest BCUT2D eigenvalue weighted by molar-refractivity contribution is 0.666. The second-order valence-electron chi connectivity index (χ2n) is 25.5. The number of hydrogen-bond acceptors (Lipinski definition) is 4. The Balaban J connectivity index is 0.899. The van der Waals surface area contributed by atoms with E-state index >= 15 is 0 Å². The smallest absolute Gasteiger partial charge is 0.252 e. The van der Waals surface area contributed by atoms with Crippen LogP contribution < -0.4 is 26.2 Å². The van der Waals surface area contributed by atoms with Crippen LogP contribution in [0.25, 0.3) is 165 Å². The Labute approximate surface area is 653 Å². The molecule has 6 aromatic heterocycles. The normalized spacial score (nSPS) is 17.8. The van der Waals surface area contributed by atoms with Crippen LogP contribution >= 0.6 is 0 Å². The van der Waals surface area contributed by atoms with Gasteiger partial charge in [-0.05, 0) is 130 Å². The van der Waals surface area contributed by atoms with E-state index in [2.05, 4.69) is 0 Å². The quantitative estimate of drug-likeness (QED) is 0.149. The van der Waals surface area contributed by atoms with Crippen molar-refractivity contribution in [2.75, 3.05) is 9.80 Å². The minimum absolute atomic E-state index is 0.0114. The van der Waals surface area contributed by atoms with Gasteiger partial charge in [-0.3, -0.25) is 0 Å². The Bertz CT molecular complexity index is 9570. The molecule has 0 saturated carbocycles. The fraction of sp³-hybridized carbons (Fsp3) is 0. The van der Waals surface area contributed by atoms with Gasteiger partial charge < -0.3 is 36.9 Å². The average molecular weight is 1370 g/mol. The summed E-state index contributed by atoms with van der Waals surface area (Å²) in [5.41, 5.74) is -2.36. The summed E-state index contributed by atoms with van der Waals surface area (Å²) >= 11 is 0. The topological polar surface area (TPSA) is 52.5 Å². The zero-order valence-electron chi connectivity index (χ0n) is 90.6. The zero-order valence-corrected chi connectivity index (χ0v) is 53.6. The number of nitrogens with zero attached hydrogens (tertiary/aromatic N) is 6. The SMILES string of the molecule is [2H]c1c([2H])c([2H])c(-c2ccc3c(c2)N(c2cccc4c2oc2c(-n5c6c([2H])c([2H])c([2H])c([2H])c6c6c([2H])c([2H])c([2H])c([2H])c65)cccc24)c2cc(-n4c5c([2H])c([2H])c([2H])c([2H])c5c5c([2H])c([2H])c([2H])c([2H])c54)cc4c2B3c2ccc(-n3c5c([2H])c([2H])c([2H])c([2H])c5c5c([2H])c([2H])c([2H])c([2H])c53)cc2N4c2cccc3c2oc2c(-n4c5c([2H])c([2H])c([2H])c([2H])c5c5c([2H])c([2H])c([2H])c([2H])c54)cccc23)c([2H])c1[2H]. The predicted octanol–water partition coefficient (Wildman–Crippen LogP) is 23.6. The summed E-state index contributed by atoms with van der Waals surface area (Å²) in [6.07, 6.45) is 0. The Hall–Kier alpha value is -14.0. The fourth-order valence-corrected chi connectivity index (χ4v) is 16.3. The van der Waals surface area contributed by atoms with E-state index in [-0.39, 0.29) is 199 Å². The Kier molecular flexibility index (Phi) is 6.55. The van der Waals surface area contributed by atoms with Crippen molar-refractivity contribution >= 4 is 188 Å². The molecule has 2 aliphatic rings. The van der Waals surface area contributed by atoms with Gasteiger partial charge in [0, 0.05) is 93.1 Å². The highest BCUT2D eigenvalue weighted by atomic mass is 16.3. The minimum atomic E-state index is -1.28. The number of benzene rings is 16. The van der Waals surface area contributed by atoms with Crippen molar-refractivity contribution < 1.29 is 59.6 Å². The van der Waals surface area contributed by atoms with Crippen LogP contribution in [0.5, 0.6) is 0 Å². The van der Waals surface area contributed by atoms with Crippen LogP contribution in [-0.4, -0.2) is 25.0 Å². The maximum absolute atomic E-state index is 10.1. The lowest BCUT2D eigenvalue weighted by atomic mass is 9.33. The van der Waals surface area contributed by atoms with Crippen molar-refractivity contribution in [3.8, 4) is 33.9 Å². The monoisotopic (exact) mass is 1370 g/mol. The van der Waals surface area contributed by atoms with Crippen molar-refractivity contribution in [1.82, 2.24) is 18.3 Å². The molecule has 0 amide bonds. The number of aromatic nitrogens is 4. The summed E-state index contributed by atoms with van der Waals surface area (Å²) < 4.78 is 368. The average Bonchev–Trinajstić information content (AvgIpc) is 0.789. The van der Waals surface area contributed by atoms with Crippen LogP contribution in [0.3, 0.4) is 0 Å².